The van der Waals surface area contributed by atoms with Gasteiger partial charge in [0.2, 0.25) is 0 Å². The average Bonchev–Trinajstić information content (AvgIpc) is 2.79. The molecular formula is C26H21NO2. The Hall–Kier alpha value is -3.59. The Morgan fingerprint density at radius 3 is 2.41 bits per heavy atom. The number of hydrogen-bond acceptors (Lipinski definition) is 3. The Bertz CT molecular complexity index is 1200. The molecule has 0 atom stereocenters. The first-order valence-electron chi connectivity index (χ1n) is 9.79. The molecule has 0 saturated heterocycles. The summed E-state index contributed by atoms with van der Waals surface area (Å²) < 4.78 is 5.36. The van der Waals surface area contributed by atoms with Gasteiger partial charge in [0, 0.05) is 11.1 Å². The average molecular weight is 379 g/mol. The van der Waals surface area contributed by atoms with Crippen molar-refractivity contribution in [2.24, 2.45) is 0 Å². The number of phenolic OH excluding ortho intramolecular Hbond substituents is 1. The lowest BCUT2D eigenvalue weighted by molar-refractivity contribution is 0.373. The van der Waals surface area contributed by atoms with Crippen LogP contribution < -0.4 is 4.74 Å². The Kier molecular flexibility index (Phi) is 4.28. The topological polar surface area (TPSA) is 42.4 Å². The number of rotatable bonds is 3. The summed E-state index contributed by atoms with van der Waals surface area (Å²) in [5.74, 6) is 0.623. The molecule has 0 radical (unpaired) electrons. The lowest BCUT2D eigenvalue weighted by Crippen LogP contribution is -2.08. The van der Waals surface area contributed by atoms with E-state index in [1.165, 1.54) is 16.7 Å². The van der Waals surface area contributed by atoms with Crippen molar-refractivity contribution in [1.82, 2.24) is 4.98 Å². The number of phenols is 1. The van der Waals surface area contributed by atoms with Crippen molar-refractivity contribution in [2.45, 2.75) is 12.8 Å². The minimum Gasteiger partial charge on any atom is -0.504 e. The molecule has 1 aliphatic rings. The van der Waals surface area contributed by atoms with E-state index >= 15 is 0 Å². The number of methoxy groups -OCH3 is 1. The van der Waals surface area contributed by atoms with Crippen molar-refractivity contribution in [3.05, 3.63) is 90.0 Å². The zero-order valence-corrected chi connectivity index (χ0v) is 16.2. The molecule has 1 aliphatic carbocycles. The molecule has 0 aliphatic heterocycles. The zero-order chi connectivity index (χ0) is 19.8. The Morgan fingerprint density at radius 2 is 1.59 bits per heavy atom. The van der Waals surface area contributed by atoms with Gasteiger partial charge in [-0.3, -0.25) is 0 Å². The summed E-state index contributed by atoms with van der Waals surface area (Å²) in [7, 11) is 1.58. The maximum absolute atomic E-state index is 10.0. The van der Waals surface area contributed by atoms with Crippen LogP contribution >= 0.6 is 0 Å². The van der Waals surface area contributed by atoms with E-state index < -0.39 is 0 Å². The summed E-state index contributed by atoms with van der Waals surface area (Å²) in [6.07, 6.45) is 1.94. The SMILES string of the molecule is COc1cc(-c2cc(-c3ccccc3)nc3c2CCc2ccccc2-3)ccc1O. The normalized spacial score (nSPS) is 12.2. The predicted octanol–water partition coefficient (Wildman–Crippen LogP) is 5.90. The van der Waals surface area contributed by atoms with E-state index in [1.54, 1.807) is 13.2 Å². The smallest absolute Gasteiger partial charge is 0.161 e. The first-order valence-corrected chi connectivity index (χ1v) is 9.79. The Labute approximate surface area is 170 Å². The molecule has 0 bridgehead atoms. The monoisotopic (exact) mass is 379 g/mol. The zero-order valence-electron chi connectivity index (χ0n) is 16.2. The van der Waals surface area contributed by atoms with Crippen molar-refractivity contribution >= 4 is 0 Å². The molecule has 1 heterocycles. The van der Waals surface area contributed by atoms with Gasteiger partial charge in [-0.25, -0.2) is 4.98 Å². The number of ether oxygens (including phenoxy) is 1. The van der Waals surface area contributed by atoms with Crippen molar-refractivity contribution in [3.63, 3.8) is 0 Å². The first-order chi connectivity index (χ1) is 14.2. The predicted molar refractivity (Wildman–Crippen MR) is 116 cm³/mol. The highest BCUT2D eigenvalue weighted by atomic mass is 16.5. The van der Waals surface area contributed by atoms with E-state index in [2.05, 4.69) is 42.5 Å². The second-order valence-electron chi connectivity index (χ2n) is 7.29. The molecule has 29 heavy (non-hydrogen) atoms. The molecule has 3 aromatic carbocycles. The van der Waals surface area contributed by atoms with Gasteiger partial charge in [0.05, 0.1) is 18.5 Å². The van der Waals surface area contributed by atoms with E-state index in [-0.39, 0.29) is 5.75 Å². The molecule has 3 heteroatoms. The molecule has 0 amide bonds. The number of hydrogen-bond donors (Lipinski definition) is 1. The summed E-state index contributed by atoms with van der Waals surface area (Å²) in [5, 5.41) is 10.0. The number of aromatic nitrogens is 1. The van der Waals surface area contributed by atoms with Gasteiger partial charge < -0.3 is 9.84 Å². The summed E-state index contributed by atoms with van der Waals surface area (Å²) in [5.41, 5.74) is 9.04. The van der Waals surface area contributed by atoms with Crippen LogP contribution in [-0.2, 0) is 12.8 Å². The molecule has 4 aromatic rings. The Morgan fingerprint density at radius 1 is 0.793 bits per heavy atom. The molecule has 0 saturated carbocycles. The van der Waals surface area contributed by atoms with Crippen LogP contribution in [0.25, 0.3) is 33.6 Å². The van der Waals surface area contributed by atoms with E-state index in [1.807, 2.05) is 30.3 Å². The fourth-order valence-electron chi connectivity index (χ4n) is 4.14. The van der Waals surface area contributed by atoms with E-state index in [9.17, 15) is 5.11 Å². The lowest BCUT2D eigenvalue weighted by Gasteiger charge is -2.23. The van der Waals surface area contributed by atoms with Gasteiger partial charge in [-0.2, -0.15) is 0 Å². The lowest BCUT2D eigenvalue weighted by atomic mass is 9.84. The summed E-state index contributed by atoms with van der Waals surface area (Å²) in [6.45, 7) is 0. The van der Waals surface area contributed by atoms with Crippen LogP contribution in [0.1, 0.15) is 11.1 Å². The standard InChI is InChI=1S/C26H21NO2/c1-29-25-15-19(12-14-24(25)28)22-16-23(18-8-3-2-4-9-18)27-26-20-10-6-5-7-17(20)11-13-21(22)26/h2-10,12,14-16,28H,11,13H2,1H3. The number of aromatic hydroxyl groups is 1. The number of fused-ring (bicyclic) bond motifs is 3. The third kappa shape index (κ3) is 3.05. The van der Waals surface area contributed by atoms with Gasteiger partial charge >= 0.3 is 0 Å². The molecule has 5 rings (SSSR count). The van der Waals surface area contributed by atoms with E-state index in [0.29, 0.717) is 5.75 Å². The maximum atomic E-state index is 10.0. The number of benzene rings is 3. The number of aryl methyl sites for hydroxylation is 1. The van der Waals surface area contributed by atoms with Crippen LogP contribution in [0.3, 0.4) is 0 Å². The molecule has 3 nitrogen and oxygen atoms in total. The van der Waals surface area contributed by atoms with Crippen LogP contribution in [0.5, 0.6) is 11.5 Å². The molecular weight excluding hydrogens is 358 g/mol. The first kappa shape index (κ1) is 17.5. The minimum atomic E-state index is 0.146. The van der Waals surface area contributed by atoms with Crippen molar-refractivity contribution in [1.29, 1.82) is 0 Å². The van der Waals surface area contributed by atoms with Crippen LogP contribution in [0, 0.1) is 0 Å². The molecule has 0 unspecified atom stereocenters. The fourth-order valence-corrected chi connectivity index (χ4v) is 4.14. The van der Waals surface area contributed by atoms with Crippen LogP contribution in [0.15, 0.2) is 78.9 Å². The molecule has 0 fully saturated rings. The summed E-state index contributed by atoms with van der Waals surface area (Å²) >= 11 is 0. The van der Waals surface area contributed by atoms with Gasteiger partial charge in [0.1, 0.15) is 0 Å². The van der Waals surface area contributed by atoms with Gasteiger partial charge in [0.15, 0.2) is 11.5 Å². The molecule has 142 valence electrons. The number of pyridine rings is 1. The van der Waals surface area contributed by atoms with Crippen LogP contribution in [0.4, 0.5) is 0 Å². The van der Waals surface area contributed by atoms with Gasteiger partial charge in [-0.1, -0.05) is 60.7 Å². The van der Waals surface area contributed by atoms with E-state index in [4.69, 9.17) is 9.72 Å². The molecule has 1 aromatic heterocycles. The fraction of sp³-hybridized carbons (Fsp3) is 0.115. The maximum Gasteiger partial charge on any atom is 0.161 e. The second kappa shape index (κ2) is 7.10. The number of nitrogens with zero attached hydrogens (tertiary/aromatic N) is 1. The minimum absolute atomic E-state index is 0.146. The molecule has 1 N–H and O–H groups in total. The summed E-state index contributed by atoms with van der Waals surface area (Å²) in [4.78, 5) is 5.09. The highest BCUT2D eigenvalue weighted by molar-refractivity contribution is 5.83. The van der Waals surface area contributed by atoms with Crippen LogP contribution in [0.2, 0.25) is 0 Å². The second-order valence-corrected chi connectivity index (χ2v) is 7.29. The molecule has 0 spiro atoms. The largest absolute Gasteiger partial charge is 0.504 e. The van der Waals surface area contributed by atoms with Crippen molar-refractivity contribution in [2.75, 3.05) is 7.11 Å². The third-order valence-electron chi connectivity index (χ3n) is 5.60. The van der Waals surface area contributed by atoms with Gasteiger partial charge in [-0.05, 0) is 53.3 Å². The third-order valence-corrected chi connectivity index (χ3v) is 5.60. The quantitative estimate of drug-likeness (QED) is 0.482. The van der Waals surface area contributed by atoms with Crippen LogP contribution in [-0.4, -0.2) is 17.2 Å². The van der Waals surface area contributed by atoms with Gasteiger partial charge in [0.25, 0.3) is 0 Å². The van der Waals surface area contributed by atoms with E-state index in [0.717, 1.165) is 40.9 Å². The highest BCUT2D eigenvalue weighted by Gasteiger charge is 2.22. The Balaban J connectivity index is 1.79. The van der Waals surface area contributed by atoms with Gasteiger partial charge in [-0.15, -0.1) is 0 Å². The van der Waals surface area contributed by atoms with Crippen molar-refractivity contribution in [3.8, 4) is 45.1 Å². The highest BCUT2D eigenvalue weighted by Crippen LogP contribution is 2.41. The summed E-state index contributed by atoms with van der Waals surface area (Å²) in [6, 6.07) is 26.5. The van der Waals surface area contributed by atoms with Crippen molar-refractivity contribution < 1.29 is 9.84 Å².